The van der Waals surface area contributed by atoms with Crippen LogP contribution in [0.15, 0.2) is 35.1 Å². The molecule has 3 heterocycles. The third kappa shape index (κ3) is 2.60. The first-order valence-electron chi connectivity index (χ1n) is 8.81. The summed E-state index contributed by atoms with van der Waals surface area (Å²) in [6.07, 6.45) is 0.610. The molecule has 7 nitrogen and oxygen atoms in total. The van der Waals surface area contributed by atoms with Crippen molar-refractivity contribution in [3.8, 4) is 0 Å². The summed E-state index contributed by atoms with van der Waals surface area (Å²) in [5.41, 5.74) is 1.83. The third-order valence-corrected chi connectivity index (χ3v) is 4.45. The lowest BCUT2D eigenvalue weighted by Crippen LogP contribution is -2.22. The molecule has 7 heteroatoms. The Morgan fingerprint density at radius 3 is 2.50 bits per heavy atom. The van der Waals surface area contributed by atoms with Gasteiger partial charge in [-0.3, -0.25) is 9.36 Å². The number of rotatable bonds is 3. The fourth-order valence-electron chi connectivity index (χ4n) is 3.05. The molecule has 134 valence electrons. The van der Waals surface area contributed by atoms with Crippen molar-refractivity contribution in [2.45, 2.75) is 46.1 Å². The van der Waals surface area contributed by atoms with Crippen molar-refractivity contribution in [1.82, 2.24) is 29.1 Å². The number of imidazole rings is 1. The number of aromatic nitrogens is 6. The summed E-state index contributed by atoms with van der Waals surface area (Å²) >= 11 is 0. The van der Waals surface area contributed by atoms with Gasteiger partial charge >= 0.3 is 0 Å². The molecule has 4 aromatic rings. The lowest BCUT2D eigenvalue weighted by Gasteiger charge is -2.13. The van der Waals surface area contributed by atoms with Crippen LogP contribution in [0.25, 0.3) is 16.9 Å². The maximum absolute atomic E-state index is 12.9. The molecular weight excluding hydrogens is 328 g/mol. The van der Waals surface area contributed by atoms with E-state index in [2.05, 4.69) is 40.8 Å². The zero-order valence-electron chi connectivity index (χ0n) is 15.4. The second kappa shape index (κ2) is 5.79. The number of aromatic amines is 1. The number of nitrogens with zero attached hydrogens (tertiary/aromatic N) is 5. The van der Waals surface area contributed by atoms with E-state index in [9.17, 15) is 4.79 Å². The molecule has 0 saturated carbocycles. The van der Waals surface area contributed by atoms with Gasteiger partial charge in [0.15, 0.2) is 17.0 Å². The summed E-state index contributed by atoms with van der Waals surface area (Å²) in [4.78, 5) is 25.4. The molecule has 0 saturated heterocycles. The highest BCUT2D eigenvalue weighted by Crippen LogP contribution is 2.21. The van der Waals surface area contributed by atoms with Gasteiger partial charge in [0.25, 0.3) is 5.56 Å². The van der Waals surface area contributed by atoms with Crippen molar-refractivity contribution >= 4 is 16.9 Å². The Morgan fingerprint density at radius 1 is 1.12 bits per heavy atom. The predicted octanol–water partition coefficient (Wildman–Crippen LogP) is 2.68. The molecule has 0 aliphatic carbocycles. The summed E-state index contributed by atoms with van der Waals surface area (Å²) in [6.45, 7) is 8.62. The first-order chi connectivity index (χ1) is 12.4. The van der Waals surface area contributed by atoms with Gasteiger partial charge in [0.1, 0.15) is 5.82 Å². The maximum atomic E-state index is 12.9. The van der Waals surface area contributed by atoms with Crippen LogP contribution in [-0.4, -0.2) is 29.1 Å². The van der Waals surface area contributed by atoms with Gasteiger partial charge in [-0.05, 0) is 12.5 Å². The molecular formula is C19H22N6O. The molecule has 0 aliphatic heterocycles. The Labute approximate surface area is 150 Å². The van der Waals surface area contributed by atoms with E-state index in [0.717, 1.165) is 11.4 Å². The molecule has 0 aliphatic rings. The van der Waals surface area contributed by atoms with Gasteiger partial charge in [-0.25, -0.2) is 4.98 Å². The van der Waals surface area contributed by atoms with E-state index in [0.29, 0.717) is 35.7 Å². The summed E-state index contributed by atoms with van der Waals surface area (Å²) in [5, 5.41) is 4.64. The quantitative estimate of drug-likeness (QED) is 0.616. The molecule has 0 atom stereocenters. The van der Waals surface area contributed by atoms with E-state index in [-0.39, 0.29) is 11.0 Å². The van der Waals surface area contributed by atoms with Gasteiger partial charge in [-0.2, -0.15) is 9.50 Å². The van der Waals surface area contributed by atoms with Gasteiger partial charge in [-0.15, -0.1) is 5.10 Å². The summed E-state index contributed by atoms with van der Waals surface area (Å²) in [6, 6.07) is 10.1. The normalized spacial score (nSPS) is 12.3. The largest absolute Gasteiger partial charge is 0.336 e. The molecule has 0 bridgehead atoms. The average Bonchev–Trinajstić information content (AvgIpc) is 3.20. The van der Waals surface area contributed by atoms with Crippen molar-refractivity contribution in [1.29, 1.82) is 0 Å². The predicted molar refractivity (Wildman–Crippen MR) is 101 cm³/mol. The minimum atomic E-state index is -0.192. The number of fused-ring (bicyclic) bond motifs is 3. The second-order valence-corrected chi connectivity index (χ2v) is 7.49. The molecule has 0 radical (unpaired) electrons. The van der Waals surface area contributed by atoms with Crippen LogP contribution in [0.3, 0.4) is 0 Å². The standard InChI is InChI=1S/C19H22N6O/c1-5-24-16(26)14-15(22-17(21-14)19(2,3)4)25-18(24)20-13(23-25)11-12-9-7-6-8-10-12/h6-10H,5,11H2,1-4H3,(H,21,22). The molecule has 26 heavy (non-hydrogen) atoms. The second-order valence-electron chi connectivity index (χ2n) is 7.49. The molecule has 0 unspecified atom stereocenters. The highest BCUT2D eigenvalue weighted by atomic mass is 16.1. The van der Waals surface area contributed by atoms with Crippen LogP contribution >= 0.6 is 0 Å². The molecule has 1 aromatic carbocycles. The van der Waals surface area contributed by atoms with Crippen LogP contribution in [0, 0.1) is 0 Å². The SMILES string of the molecule is CCn1c(=O)c2[nH]c(C(C)(C)C)nc2n2nc(Cc3ccccc3)nc12. The van der Waals surface area contributed by atoms with Crippen LogP contribution in [0.5, 0.6) is 0 Å². The highest BCUT2D eigenvalue weighted by Gasteiger charge is 2.23. The number of aryl methyl sites for hydroxylation is 1. The molecule has 4 rings (SSSR count). The van der Waals surface area contributed by atoms with E-state index in [4.69, 9.17) is 0 Å². The van der Waals surface area contributed by atoms with Crippen LogP contribution < -0.4 is 5.56 Å². The van der Waals surface area contributed by atoms with Crippen LogP contribution in [0.4, 0.5) is 0 Å². The van der Waals surface area contributed by atoms with Crippen molar-refractivity contribution < 1.29 is 0 Å². The van der Waals surface area contributed by atoms with Gasteiger partial charge in [0.2, 0.25) is 5.78 Å². The first kappa shape index (κ1) is 16.5. The lowest BCUT2D eigenvalue weighted by atomic mass is 9.96. The molecule has 3 aromatic heterocycles. The zero-order valence-corrected chi connectivity index (χ0v) is 15.4. The number of nitrogens with one attached hydrogen (secondary N) is 1. The van der Waals surface area contributed by atoms with Gasteiger partial charge in [-0.1, -0.05) is 51.1 Å². The number of hydrogen-bond acceptors (Lipinski definition) is 4. The van der Waals surface area contributed by atoms with E-state index < -0.39 is 0 Å². The van der Waals surface area contributed by atoms with Crippen LogP contribution in [0.2, 0.25) is 0 Å². The molecule has 0 fully saturated rings. The molecule has 0 amide bonds. The van der Waals surface area contributed by atoms with Gasteiger partial charge in [0, 0.05) is 18.4 Å². The van der Waals surface area contributed by atoms with Crippen molar-refractivity contribution in [2.24, 2.45) is 0 Å². The summed E-state index contributed by atoms with van der Waals surface area (Å²) in [7, 11) is 0. The Morgan fingerprint density at radius 2 is 1.85 bits per heavy atom. The first-order valence-corrected chi connectivity index (χ1v) is 8.81. The van der Waals surface area contributed by atoms with Crippen LogP contribution in [-0.2, 0) is 18.4 Å². The monoisotopic (exact) mass is 350 g/mol. The topological polar surface area (TPSA) is 80.9 Å². The Bertz CT molecular complexity index is 1140. The highest BCUT2D eigenvalue weighted by molar-refractivity contribution is 5.72. The van der Waals surface area contributed by atoms with Crippen molar-refractivity contribution in [3.05, 3.63) is 57.9 Å². The minimum absolute atomic E-state index is 0.114. The Kier molecular flexibility index (Phi) is 3.68. The van der Waals surface area contributed by atoms with E-state index in [1.165, 1.54) is 0 Å². The van der Waals surface area contributed by atoms with E-state index in [1.54, 1.807) is 9.08 Å². The van der Waals surface area contributed by atoms with E-state index >= 15 is 0 Å². The Balaban J connectivity index is 1.96. The van der Waals surface area contributed by atoms with Crippen molar-refractivity contribution in [3.63, 3.8) is 0 Å². The maximum Gasteiger partial charge on any atom is 0.281 e. The number of hydrogen-bond donors (Lipinski definition) is 1. The minimum Gasteiger partial charge on any atom is -0.336 e. The third-order valence-electron chi connectivity index (χ3n) is 4.45. The smallest absolute Gasteiger partial charge is 0.281 e. The van der Waals surface area contributed by atoms with Crippen molar-refractivity contribution in [2.75, 3.05) is 0 Å². The van der Waals surface area contributed by atoms with Gasteiger partial charge < -0.3 is 4.98 Å². The summed E-state index contributed by atoms with van der Waals surface area (Å²) in [5.74, 6) is 1.97. The Hall–Kier alpha value is -2.96. The fraction of sp³-hybridized carbons (Fsp3) is 0.368. The molecule has 0 spiro atoms. The van der Waals surface area contributed by atoms with E-state index in [1.807, 2.05) is 37.3 Å². The molecule has 1 N–H and O–H groups in total. The van der Waals surface area contributed by atoms with Crippen LogP contribution in [0.1, 0.15) is 44.9 Å². The van der Waals surface area contributed by atoms with Gasteiger partial charge in [0.05, 0.1) is 0 Å². The average molecular weight is 350 g/mol. The zero-order chi connectivity index (χ0) is 18.5. The fourth-order valence-corrected chi connectivity index (χ4v) is 3.05. The number of H-pyrrole nitrogens is 1. The summed E-state index contributed by atoms with van der Waals surface area (Å²) < 4.78 is 3.32. The number of benzene rings is 1. The lowest BCUT2D eigenvalue weighted by molar-refractivity contribution is 0.554.